The van der Waals surface area contributed by atoms with Crippen molar-refractivity contribution in [3.63, 3.8) is 0 Å². The van der Waals surface area contributed by atoms with E-state index < -0.39 is 0 Å². The first-order valence-electron chi connectivity index (χ1n) is 6.15. The van der Waals surface area contributed by atoms with E-state index in [1.54, 1.807) is 11.3 Å². The molecule has 3 nitrogen and oxygen atoms in total. The summed E-state index contributed by atoms with van der Waals surface area (Å²) in [5, 5.41) is 4.76. The van der Waals surface area contributed by atoms with Crippen molar-refractivity contribution >= 4 is 16.5 Å². The van der Waals surface area contributed by atoms with Gasteiger partial charge in [0.1, 0.15) is 0 Å². The Kier molecular flexibility index (Phi) is 2.64. The lowest BCUT2D eigenvalue weighted by molar-refractivity contribution is 0.0975. The van der Waals surface area contributed by atoms with E-state index in [4.69, 9.17) is 0 Å². The summed E-state index contributed by atoms with van der Waals surface area (Å²) in [4.78, 5) is 8.49. The lowest BCUT2D eigenvalue weighted by Gasteiger charge is -2.44. The summed E-state index contributed by atoms with van der Waals surface area (Å²) in [6.45, 7) is 8.06. The highest BCUT2D eigenvalue weighted by Gasteiger charge is 2.34. The summed E-state index contributed by atoms with van der Waals surface area (Å²) in [6.07, 6.45) is 2.72. The molecule has 16 heavy (non-hydrogen) atoms. The fraction of sp³-hybridized carbons (Fsp3) is 0.750. The average Bonchev–Trinajstić information content (AvgIpc) is 2.59. The molecule has 3 aliphatic heterocycles. The van der Waals surface area contributed by atoms with Gasteiger partial charge in [0.25, 0.3) is 0 Å². The van der Waals surface area contributed by atoms with Crippen LogP contribution in [-0.4, -0.2) is 35.6 Å². The molecule has 1 N–H and O–H groups in total. The number of aromatic nitrogens is 1. The van der Waals surface area contributed by atoms with Crippen LogP contribution < -0.4 is 5.32 Å². The third kappa shape index (κ3) is 1.84. The average molecular weight is 237 g/mol. The zero-order chi connectivity index (χ0) is 11.1. The number of thiazole rings is 1. The third-order valence-corrected chi connectivity index (χ3v) is 5.00. The van der Waals surface area contributed by atoms with E-state index in [2.05, 4.69) is 29.0 Å². The number of nitrogens with one attached hydrogen (secondary N) is 1. The molecule has 1 aromatic heterocycles. The Balaban J connectivity index is 1.70. The van der Waals surface area contributed by atoms with Gasteiger partial charge in [-0.2, -0.15) is 0 Å². The molecule has 3 saturated heterocycles. The van der Waals surface area contributed by atoms with Crippen LogP contribution in [-0.2, 0) is 0 Å². The first-order valence-corrected chi connectivity index (χ1v) is 6.97. The largest absolute Gasteiger partial charge is 0.357 e. The summed E-state index contributed by atoms with van der Waals surface area (Å²) >= 11 is 1.79. The van der Waals surface area contributed by atoms with E-state index in [0.29, 0.717) is 6.04 Å². The second-order valence-corrected chi connectivity index (χ2v) is 6.25. The molecule has 0 amide bonds. The van der Waals surface area contributed by atoms with Crippen LogP contribution in [0.25, 0.3) is 0 Å². The molecule has 4 heterocycles. The van der Waals surface area contributed by atoms with Crippen molar-refractivity contribution in [2.45, 2.75) is 32.7 Å². The lowest BCUT2D eigenvalue weighted by Crippen LogP contribution is -2.53. The fourth-order valence-electron chi connectivity index (χ4n) is 2.82. The molecule has 2 bridgehead atoms. The van der Waals surface area contributed by atoms with E-state index in [9.17, 15) is 0 Å². The molecule has 0 radical (unpaired) electrons. The lowest BCUT2D eigenvalue weighted by atomic mass is 9.84. The molecular weight excluding hydrogens is 218 g/mol. The molecule has 3 aliphatic rings. The van der Waals surface area contributed by atoms with Gasteiger partial charge in [-0.15, -0.1) is 11.3 Å². The van der Waals surface area contributed by atoms with Crippen molar-refractivity contribution in [3.8, 4) is 0 Å². The molecule has 3 fully saturated rings. The van der Waals surface area contributed by atoms with Gasteiger partial charge in [-0.25, -0.2) is 4.98 Å². The molecule has 4 heteroatoms. The summed E-state index contributed by atoms with van der Waals surface area (Å²) in [6, 6.07) is 0.632. The summed E-state index contributed by atoms with van der Waals surface area (Å²) in [7, 11) is 0. The van der Waals surface area contributed by atoms with E-state index in [-0.39, 0.29) is 0 Å². The number of piperidine rings is 3. The Morgan fingerprint density at radius 1 is 1.31 bits per heavy atom. The first kappa shape index (κ1) is 10.5. The Bertz CT molecular complexity index is 360. The standard InChI is InChI=1S/C12H19N3S/c1-8-9(2)16-12(13-8)14-11-7-15-5-3-10(11)4-6-15/h10-11H,3-7H2,1-2H3,(H,13,14). The van der Waals surface area contributed by atoms with Crippen LogP contribution in [0.3, 0.4) is 0 Å². The topological polar surface area (TPSA) is 28.2 Å². The minimum absolute atomic E-state index is 0.632. The van der Waals surface area contributed by atoms with Gasteiger partial charge in [-0.3, -0.25) is 0 Å². The molecule has 0 aliphatic carbocycles. The fourth-order valence-corrected chi connectivity index (χ4v) is 3.70. The monoisotopic (exact) mass is 237 g/mol. The van der Waals surface area contributed by atoms with Crippen molar-refractivity contribution in [1.29, 1.82) is 0 Å². The maximum absolute atomic E-state index is 4.58. The SMILES string of the molecule is Cc1nc(NC2CN3CCC2CC3)sc1C. The minimum atomic E-state index is 0.632. The number of rotatable bonds is 2. The second-order valence-electron chi connectivity index (χ2n) is 5.05. The summed E-state index contributed by atoms with van der Waals surface area (Å²) in [5.41, 5.74) is 1.17. The number of aryl methyl sites for hydroxylation is 2. The summed E-state index contributed by atoms with van der Waals surface area (Å²) in [5.74, 6) is 0.870. The molecule has 0 spiro atoms. The molecule has 1 atom stereocenters. The molecule has 1 aromatic rings. The highest BCUT2D eigenvalue weighted by Crippen LogP contribution is 2.31. The van der Waals surface area contributed by atoms with Gasteiger partial charge in [0, 0.05) is 17.5 Å². The van der Waals surface area contributed by atoms with Gasteiger partial charge in [0.2, 0.25) is 0 Å². The Morgan fingerprint density at radius 2 is 2.06 bits per heavy atom. The van der Waals surface area contributed by atoms with Gasteiger partial charge in [0.15, 0.2) is 5.13 Å². The predicted molar refractivity (Wildman–Crippen MR) is 68.2 cm³/mol. The van der Waals surface area contributed by atoms with Gasteiger partial charge in [-0.1, -0.05) is 0 Å². The number of nitrogens with zero attached hydrogens (tertiary/aromatic N) is 2. The normalized spacial score (nSPS) is 33.0. The first-order chi connectivity index (χ1) is 7.72. The van der Waals surface area contributed by atoms with Crippen LogP contribution >= 0.6 is 11.3 Å². The van der Waals surface area contributed by atoms with Gasteiger partial charge in [-0.05, 0) is 45.7 Å². The molecule has 0 aromatic carbocycles. The maximum Gasteiger partial charge on any atom is 0.183 e. The van der Waals surface area contributed by atoms with Crippen molar-refractivity contribution in [2.24, 2.45) is 5.92 Å². The number of fused-ring (bicyclic) bond motifs is 3. The van der Waals surface area contributed by atoms with Crippen molar-refractivity contribution in [2.75, 3.05) is 25.0 Å². The number of anilines is 1. The van der Waals surface area contributed by atoms with Gasteiger partial charge >= 0.3 is 0 Å². The third-order valence-electron chi connectivity index (χ3n) is 3.99. The van der Waals surface area contributed by atoms with Crippen LogP contribution in [0.1, 0.15) is 23.4 Å². The summed E-state index contributed by atoms with van der Waals surface area (Å²) < 4.78 is 0. The van der Waals surface area contributed by atoms with Crippen molar-refractivity contribution in [3.05, 3.63) is 10.6 Å². The van der Waals surface area contributed by atoms with E-state index in [0.717, 1.165) is 11.0 Å². The van der Waals surface area contributed by atoms with Crippen molar-refractivity contribution < 1.29 is 0 Å². The highest BCUT2D eigenvalue weighted by molar-refractivity contribution is 7.15. The van der Waals surface area contributed by atoms with Gasteiger partial charge in [0.05, 0.1) is 5.69 Å². The Morgan fingerprint density at radius 3 is 2.56 bits per heavy atom. The molecular formula is C12H19N3S. The smallest absolute Gasteiger partial charge is 0.183 e. The molecule has 4 rings (SSSR count). The van der Waals surface area contributed by atoms with E-state index in [1.807, 2.05) is 0 Å². The van der Waals surface area contributed by atoms with Crippen LogP contribution in [0.2, 0.25) is 0 Å². The predicted octanol–water partition coefficient (Wildman–Crippen LogP) is 2.27. The maximum atomic E-state index is 4.58. The van der Waals surface area contributed by atoms with Crippen molar-refractivity contribution in [1.82, 2.24) is 9.88 Å². The molecule has 1 unspecified atom stereocenters. The van der Waals surface area contributed by atoms with Gasteiger partial charge < -0.3 is 10.2 Å². The zero-order valence-electron chi connectivity index (χ0n) is 9.99. The van der Waals surface area contributed by atoms with E-state index in [1.165, 1.54) is 43.0 Å². The van der Waals surface area contributed by atoms with E-state index >= 15 is 0 Å². The zero-order valence-corrected chi connectivity index (χ0v) is 10.8. The highest BCUT2D eigenvalue weighted by atomic mass is 32.1. The number of hydrogen-bond acceptors (Lipinski definition) is 4. The quantitative estimate of drug-likeness (QED) is 0.855. The minimum Gasteiger partial charge on any atom is -0.357 e. The number of hydrogen-bond donors (Lipinski definition) is 1. The van der Waals surface area contributed by atoms with Crippen LogP contribution in [0, 0.1) is 19.8 Å². The second kappa shape index (κ2) is 4.00. The van der Waals surface area contributed by atoms with Crippen LogP contribution in [0.4, 0.5) is 5.13 Å². The molecule has 0 saturated carbocycles. The Hall–Kier alpha value is -0.610. The molecule has 88 valence electrons. The van der Waals surface area contributed by atoms with Crippen LogP contribution in [0.5, 0.6) is 0 Å². The Labute approximate surface area is 101 Å². The van der Waals surface area contributed by atoms with Crippen LogP contribution in [0.15, 0.2) is 0 Å².